The molecule has 34 heavy (non-hydrogen) atoms. The fourth-order valence-corrected chi connectivity index (χ4v) is 4.28. The third-order valence-electron chi connectivity index (χ3n) is 6.14. The Morgan fingerprint density at radius 1 is 1.18 bits per heavy atom. The summed E-state index contributed by atoms with van der Waals surface area (Å²) in [6.45, 7) is 2.65. The Kier molecular flexibility index (Phi) is 7.95. The SMILES string of the molecule is COc1cccc(N(CCCNC(=O)N2CCCCC2)C(=O)CCc2[nH]nc3ncccc23)c1. The molecule has 180 valence electrons. The second-order valence-corrected chi connectivity index (χ2v) is 8.46. The van der Waals surface area contributed by atoms with Crippen LogP contribution >= 0.6 is 0 Å². The highest BCUT2D eigenvalue weighted by Crippen LogP contribution is 2.23. The first kappa shape index (κ1) is 23.5. The van der Waals surface area contributed by atoms with E-state index in [2.05, 4.69) is 20.5 Å². The van der Waals surface area contributed by atoms with E-state index in [0.717, 1.165) is 42.7 Å². The summed E-state index contributed by atoms with van der Waals surface area (Å²) in [5.74, 6) is 0.696. The van der Waals surface area contributed by atoms with Gasteiger partial charge in [0.15, 0.2) is 5.65 Å². The smallest absolute Gasteiger partial charge is 0.317 e. The van der Waals surface area contributed by atoms with E-state index in [0.29, 0.717) is 43.7 Å². The monoisotopic (exact) mass is 464 g/mol. The van der Waals surface area contributed by atoms with Crippen molar-refractivity contribution in [2.75, 3.05) is 38.2 Å². The molecular formula is C25H32N6O3. The van der Waals surface area contributed by atoms with Gasteiger partial charge in [0.25, 0.3) is 0 Å². The number of hydrogen-bond acceptors (Lipinski definition) is 5. The van der Waals surface area contributed by atoms with Crippen molar-refractivity contribution in [1.29, 1.82) is 0 Å². The first-order valence-corrected chi connectivity index (χ1v) is 11.9. The van der Waals surface area contributed by atoms with Gasteiger partial charge in [-0.05, 0) is 56.4 Å². The van der Waals surface area contributed by atoms with Crippen LogP contribution in [0.15, 0.2) is 42.6 Å². The molecule has 9 nitrogen and oxygen atoms in total. The van der Waals surface area contributed by atoms with Crippen LogP contribution in [0.4, 0.5) is 10.5 Å². The first-order valence-electron chi connectivity index (χ1n) is 11.9. The maximum Gasteiger partial charge on any atom is 0.317 e. The van der Waals surface area contributed by atoms with Crippen molar-refractivity contribution in [2.45, 2.75) is 38.5 Å². The Bertz CT molecular complexity index is 1110. The number of carbonyl (C=O) groups is 2. The number of hydrogen-bond donors (Lipinski definition) is 2. The van der Waals surface area contributed by atoms with E-state index in [9.17, 15) is 9.59 Å². The van der Waals surface area contributed by atoms with Crippen LogP contribution in [0.2, 0.25) is 0 Å². The lowest BCUT2D eigenvalue weighted by atomic mass is 10.1. The maximum absolute atomic E-state index is 13.3. The molecular weight excluding hydrogens is 432 g/mol. The van der Waals surface area contributed by atoms with Crippen molar-refractivity contribution < 1.29 is 14.3 Å². The van der Waals surface area contributed by atoms with E-state index in [-0.39, 0.29) is 11.9 Å². The predicted molar refractivity (Wildman–Crippen MR) is 131 cm³/mol. The van der Waals surface area contributed by atoms with Gasteiger partial charge in [0, 0.05) is 61.6 Å². The summed E-state index contributed by atoms with van der Waals surface area (Å²) < 4.78 is 5.36. The molecule has 1 fully saturated rings. The predicted octanol–water partition coefficient (Wildman–Crippen LogP) is 3.52. The lowest BCUT2D eigenvalue weighted by Gasteiger charge is -2.27. The van der Waals surface area contributed by atoms with Crippen LogP contribution in [0.5, 0.6) is 5.75 Å². The van der Waals surface area contributed by atoms with Gasteiger partial charge >= 0.3 is 6.03 Å². The van der Waals surface area contributed by atoms with Crippen molar-refractivity contribution >= 4 is 28.7 Å². The molecule has 4 rings (SSSR count). The lowest BCUT2D eigenvalue weighted by Crippen LogP contribution is -2.43. The van der Waals surface area contributed by atoms with E-state index in [4.69, 9.17) is 4.74 Å². The molecule has 0 unspecified atom stereocenters. The molecule has 9 heteroatoms. The molecule has 0 atom stereocenters. The normalized spacial score (nSPS) is 13.6. The average Bonchev–Trinajstić information content (AvgIpc) is 3.31. The second-order valence-electron chi connectivity index (χ2n) is 8.46. The number of benzene rings is 1. The Hall–Kier alpha value is -3.62. The number of nitrogens with one attached hydrogen (secondary N) is 2. The topological polar surface area (TPSA) is 103 Å². The number of urea groups is 1. The van der Waals surface area contributed by atoms with Gasteiger partial charge in [0.1, 0.15) is 5.75 Å². The third kappa shape index (κ3) is 5.84. The average molecular weight is 465 g/mol. The van der Waals surface area contributed by atoms with Crippen molar-refractivity contribution in [3.8, 4) is 5.75 Å². The van der Waals surface area contributed by atoms with Crippen molar-refractivity contribution in [3.63, 3.8) is 0 Å². The Morgan fingerprint density at radius 2 is 2.03 bits per heavy atom. The number of aromatic amines is 1. The van der Waals surface area contributed by atoms with E-state index in [1.807, 2.05) is 41.3 Å². The highest BCUT2D eigenvalue weighted by Gasteiger charge is 2.19. The lowest BCUT2D eigenvalue weighted by molar-refractivity contribution is -0.118. The molecule has 3 amide bonds. The summed E-state index contributed by atoms with van der Waals surface area (Å²) in [4.78, 5) is 33.5. The minimum absolute atomic E-state index is 0.00208. The zero-order chi connectivity index (χ0) is 23.8. The summed E-state index contributed by atoms with van der Waals surface area (Å²) in [7, 11) is 1.61. The number of methoxy groups -OCH3 is 1. The molecule has 0 spiro atoms. The number of anilines is 1. The maximum atomic E-state index is 13.3. The Labute approximate surface area is 199 Å². The number of pyridine rings is 1. The van der Waals surface area contributed by atoms with Crippen LogP contribution in [0.1, 0.15) is 37.8 Å². The third-order valence-corrected chi connectivity index (χ3v) is 6.14. The number of piperidine rings is 1. The molecule has 0 saturated carbocycles. The van der Waals surface area contributed by atoms with Gasteiger partial charge in [-0.25, -0.2) is 9.78 Å². The first-order chi connectivity index (χ1) is 16.7. The number of fused-ring (bicyclic) bond motifs is 1. The van der Waals surface area contributed by atoms with E-state index in [1.165, 1.54) is 6.42 Å². The number of ether oxygens (including phenoxy) is 1. The highest BCUT2D eigenvalue weighted by atomic mass is 16.5. The molecule has 0 bridgehead atoms. The van der Waals surface area contributed by atoms with Crippen LogP contribution in [0.25, 0.3) is 11.0 Å². The van der Waals surface area contributed by atoms with Crippen LogP contribution in [-0.2, 0) is 11.2 Å². The molecule has 1 aliphatic heterocycles. The fourth-order valence-electron chi connectivity index (χ4n) is 4.28. The number of aryl methyl sites for hydroxylation is 1. The minimum Gasteiger partial charge on any atom is -0.497 e. The fraction of sp³-hybridized carbons (Fsp3) is 0.440. The summed E-state index contributed by atoms with van der Waals surface area (Å²) in [6, 6.07) is 11.3. The largest absolute Gasteiger partial charge is 0.497 e. The van der Waals surface area contributed by atoms with E-state index >= 15 is 0 Å². The number of nitrogens with zero attached hydrogens (tertiary/aromatic N) is 4. The van der Waals surface area contributed by atoms with Crippen molar-refractivity contribution in [1.82, 2.24) is 25.4 Å². The summed E-state index contributed by atoms with van der Waals surface area (Å²) in [6.07, 6.45) is 6.52. The molecule has 0 aliphatic carbocycles. The van der Waals surface area contributed by atoms with Gasteiger partial charge in [-0.15, -0.1) is 0 Å². The molecule has 1 aromatic carbocycles. The summed E-state index contributed by atoms with van der Waals surface area (Å²) >= 11 is 0. The molecule has 2 N–H and O–H groups in total. The van der Waals surface area contributed by atoms with E-state index < -0.39 is 0 Å². The number of amides is 3. The quantitative estimate of drug-likeness (QED) is 0.472. The van der Waals surface area contributed by atoms with Crippen LogP contribution in [0, 0.1) is 0 Å². The van der Waals surface area contributed by atoms with Gasteiger partial charge in [0.05, 0.1) is 7.11 Å². The molecule has 1 saturated heterocycles. The standard InChI is InChI=1S/C25H32N6O3/c1-34-20-9-5-8-19(18-20)31(17-7-14-27-25(33)30-15-3-2-4-16-30)23(32)12-11-22-21-10-6-13-26-24(21)29-28-22/h5-6,8-10,13,18H,2-4,7,11-12,14-17H2,1H3,(H,27,33)(H,26,28,29). The molecule has 1 aliphatic rings. The van der Waals surface area contributed by atoms with Gasteiger partial charge in [-0.3, -0.25) is 9.89 Å². The second kappa shape index (κ2) is 11.5. The van der Waals surface area contributed by atoms with Crippen molar-refractivity contribution in [3.05, 3.63) is 48.3 Å². The van der Waals surface area contributed by atoms with Gasteiger partial charge in [0.2, 0.25) is 5.91 Å². The molecule has 3 heterocycles. The zero-order valence-corrected chi connectivity index (χ0v) is 19.6. The van der Waals surface area contributed by atoms with Crippen LogP contribution < -0.4 is 15.0 Å². The summed E-state index contributed by atoms with van der Waals surface area (Å²) in [5.41, 5.74) is 2.33. The van der Waals surface area contributed by atoms with E-state index in [1.54, 1.807) is 18.2 Å². The molecule has 0 radical (unpaired) electrons. The number of carbonyl (C=O) groups excluding carboxylic acids is 2. The minimum atomic E-state index is -0.0151. The number of rotatable bonds is 9. The van der Waals surface area contributed by atoms with Crippen LogP contribution in [0.3, 0.4) is 0 Å². The highest BCUT2D eigenvalue weighted by molar-refractivity contribution is 5.94. The Morgan fingerprint density at radius 3 is 2.85 bits per heavy atom. The number of H-pyrrole nitrogens is 1. The molecule has 3 aromatic rings. The van der Waals surface area contributed by atoms with Crippen LogP contribution in [-0.4, -0.2) is 65.3 Å². The molecule has 2 aromatic heterocycles. The Balaban J connectivity index is 1.37. The van der Waals surface area contributed by atoms with Crippen molar-refractivity contribution in [2.24, 2.45) is 0 Å². The van der Waals surface area contributed by atoms with Gasteiger partial charge in [-0.2, -0.15) is 5.10 Å². The zero-order valence-electron chi connectivity index (χ0n) is 19.6. The number of aromatic nitrogens is 3. The number of likely N-dealkylation sites (tertiary alicyclic amines) is 1. The summed E-state index contributed by atoms with van der Waals surface area (Å²) in [5, 5.41) is 11.2. The van der Waals surface area contributed by atoms with Gasteiger partial charge in [-0.1, -0.05) is 6.07 Å². The van der Waals surface area contributed by atoms with Gasteiger partial charge < -0.3 is 19.9 Å².